The van der Waals surface area contributed by atoms with Crippen LogP contribution in [0.3, 0.4) is 0 Å². The lowest BCUT2D eigenvalue weighted by Crippen LogP contribution is -2.16. The summed E-state index contributed by atoms with van der Waals surface area (Å²) in [5.41, 5.74) is -0.270. The number of aromatic nitrogens is 2. The number of carbonyl (C=O) groups excluding carboxylic acids is 2. The highest BCUT2D eigenvalue weighted by molar-refractivity contribution is 8.01. The number of hydrogen-bond donors (Lipinski definition) is 3. The van der Waals surface area contributed by atoms with Crippen molar-refractivity contribution in [2.24, 2.45) is 0 Å². The van der Waals surface area contributed by atoms with Gasteiger partial charge in [0.1, 0.15) is 0 Å². The normalized spacial score (nSPS) is 11.3. The van der Waals surface area contributed by atoms with E-state index in [2.05, 4.69) is 26.1 Å². The van der Waals surface area contributed by atoms with Crippen molar-refractivity contribution in [2.45, 2.75) is 30.4 Å². The van der Waals surface area contributed by atoms with Crippen molar-refractivity contribution in [1.29, 1.82) is 0 Å². The molecular weight excluding hydrogens is 475 g/mol. The molecule has 1 aromatic heterocycles. The van der Waals surface area contributed by atoms with Gasteiger partial charge in [0.05, 0.1) is 11.3 Å². The van der Waals surface area contributed by atoms with Crippen LogP contribution in [0.5, 0.6) is 0 Å². The van der Waals surface area contributed by atoms with Gasteiger partial charge in [0.25, 0.3) is 5.91 Å². The van der Waals surface area contributed by atoms with E-state index in [0.29, 0.717) is 15.2 Å². The third kappa shape index (κ3) is 7.46. The molecule has 12 heteroatoms. The first-order valence-electron chi connectivity index (χ1n) is 9.71. The third-order valence-electron chi connectivity index (χ3n) is 4.00. The van der Waals surface area contributed by atoms with Crippen molar-refractivity contribution in [3.8, 4) is 0 Å². The number of halogens is 3. The van der Waals surface area contributed by atoms with E-state index in [4.69, 9.17) is 0 Å². The van der Waals surface area contributed by atoms with Crippen LogP contribution in [0.15, 0.2) is 52.9 Å². The second-order valence-corrected chi connectivity index (χ2v) is 9.32. The lowest BCUT2D eigenvalue weighted by molar-refractivity contribution is -0.137. The maximum Gasteiger partial charge on any atom is 0.416 e. The Morgan fingerprint density at radius 1 is 1.03 bits per heavy atom. The molecule has 0 fully saturated rings. The Bertz CT molecular complexity index is 1130. The third-order valence-corrected chi connectivity index (χ3v) is 5.99. The molecule has 0 bridgehead atoms. The van der Waals surface area contributed by atoms with E-state index < -0.39 is 17.6 Å². The highest BCUT2D eigenvalue weighted by atomic mass is 32.2. The summed E-state index contributed by atoms with van der Waals surface area (Å²) in [5, 5.41) is 17.0. The molecule has 0 aliphatic rings. The molecule has 0 aliphatic heterocycles. The van der Waals surface area contributed by atoms with Gasteiger partial charge in [-0.3, -0.25) is 9.59 Å². The average Bonchev–Trinajstić information content (AvgIpc) is 3.18. The molecule has 174 valence electrons. The molecule has 0 unspecified atom stereocenters. The van der Waals surface area contributed by atoms with Gasteiger partial charge in [-0.25, -0.2) is 0 Å². The van der Waals surface area contributed by atoms with E-state index in [0.717, 1.165) is 12.1 Å². The Hall–Kier alpha value is -3.12. The predicted octanol–water partition coefficient (Wildman–Crippen LogP) is 5.36. The van der Waals surface area contributed by atoms with Crippen LogP contribution in [-0.2, 0) is 11.0 Å². The van der Waals surface area contributed by atoms with E-state index in [-0.39, 0.29) is 29.0 Å². The van der Waals surface area contributed by atoms with Crippen molar-refractivity contribution in [3.63, 3.8) is 0 Å². The van der Waals surface area contributed by atoms with E-state index in [1.54, 1.807) is 12.1 Å². The lowest BCUT2D eigenvalue weighted by atomic mass is 10.1. The molecule has 7 nitrogen and oxygen atoms in total. The smallest absolute Gasteiger partial charge is 0.358 e. The van der Waals surface area contributed by atoms with Crippen LogP contribution < -0.4 is 16.0 Å². The fourth-order valence-electron chi connectivity index (χ4n) is 2.61. The number of thioether (sulfide) groups is 1. The van der Waals surface area contributed by atoms with Crippen LogP contribution in [0, 0.1) is 0 Å². The molecule has 0 saturated heterocycles. The van der Waals surface area contributed by atoms with Gasteiger partial charge in [-0.1, -0.05) is 35.2 Å². The number of alkyl halides is 3. The number of carbonyl (C=O) groups is 2. The predicted molar refractivity (Wildman–Crippen MR) is 124 cm³/mol. The minimum atomic E-state index is -4.51. The maximum atomic E-state index is 12.9. The monoisotopic (exact) mass is 495 g/mol. The van der Waals surface area contributed by atoms with E-state index in [9.17, 15) is 22.8 Å². The van der Waals surface area contributed by atoms with E-state index in [1.807, 2.05) is 13.8 Å². The molecule has 33 heavy (non-hydrogen) atoms. The number of hydrogen-bond acceptors (Lipinski definition) is 7. The molecule has 0 radical (unpaired) electrons. The summed E-state index contributed by atoms with van der Waals surface area (Å²) in [6.07, 6.45) is -4.51. The van der Waals surface area contributed by atoms with Crippen LogP contribution in [-0.4, -0.2) is 33.8 Å². The molecular formula is C21H20F3N5O2S2. The van der Waals surface area contributed by atoms with Crippen molar-refractivity contribution in [2.75, 3.05) is 21.7 Å². The summed E-state index contributed by atoms with van der Waals surface area (Å²) >= 11 is 2.58. The zero-order chi connectivity index (χ0) is 24.0. The Morgan fingerprint density at radius 2 is 1.73 bits per heavy atom. The molecule has 3 aromatic rings. The van der Waals surface area contributed by atoms with Gasteiger partial charge < -0.3 is 16.0 Å². The second kappa shape index (κ2) is 10.7. The first-order valence-corrected chi connectivity index (χ1v) is 11.5. The standard InChI is InChI=1S/C21H20F3N5O2S2/c1-12(2)25-19-28-29-20(33-19)32-11-17(30)26-15-7-3-5-13(9-15)18(31)27-16-8-4-6-14(10-16)21(22,23)24/h3-10,12H,11H2,1-2H3,(H,25,28)(H,26,30)(H,27,31). The summed E-state index contributed by atoms with van der Waals surface area (Å²) in [4.78, 5) is 24.7. The Kier molecular flexibility index (Phi) is 7.92. The quantitative estimate of drug-likeness (QED) is 0.364. The molecule has 0 aliphatic carbocycles. The Balaban J connectivity index is 1.57. The van der Waals surface area contributed by atoms with Crippen LogP contribution in [0.2, 0.25) is 0 Å². The number of amides is 2. The summed E-state index contributed by atoms with van der Waals surface area (Å²) in [7, 11) is 0. The van der Waals surface area contributed by atoms with Gasteiger partial charge in [-0.2, -0.15) is 13.2 Å². The summed E-state index contributed by atoms with van der Waals surface area (Å²) in [6.45, 7) is 3.96. The highest BCUT2D eigenvalue weighted by Crippen LogP contribution is 2.31. The summed E-state index contributed by atoms with van der Waals surface area (Å²) in [6, 6.07) is 10.7. The zero-order valence-corrected chi connectivity index (χ0v) is 19.2. The van der Waals surface area contributed by atoms with Gasteiger partial charge in [0.15, 0.2) is 4.34 Å². The molecule has 3 rings (SSSR count). The number of anilines is 3. The molecule has 2 amide bonds. The molecule has 0 atom stereocenters. The second-order valence-electron chi connectivity index (χ2n) is 7.12. The Morgan fingerprint density at radius 3 is 2.42 bits per heavy atom. The van der Waals surface area contributed by atoms with Gasteiger partial charge in [0.2, 0.25) is 11.0 Å². The fourth-order valence-corrected chi connectivity index (χ4v) is 4.31. The van der Waals surface area contributed by atoms with E-state index in [1.165, 1.54) is 47.4 Å². The van der Waals surface area contributed by atoms with Gasteiger partial charge in [-0.05, 0) is 50.2 Å². The van der Waals surface area contributed by atoms with Crippen LogP contribution in [0.25, 0.3) is 0 Å². The molecule has 0 spiro atoms. The molecule has 3 N–H and O–H groups in total. The Labute approximate surface area is 196 Å². The zero-order valence-electron chi connectivity index (χ0n) is 17.6. The molecule has 0 saturated carbocycles. The fraction of sp³-hybridized carbons (Fsp3) is 0.238. The largest absolute Gasteiger partial charge is 0.416 e. The number of nitrogens with one attached hydrogen (secondary N) is 3. The number of rotatable bonds is 8. The molecule has 2 aromatic carbocycles. The summed E-state index contributed by atoms with van der Waals surface area (Å²) < 4.78 is 39.2. The van der Waals surface area contributed by atoms with Crippen LogP contribution in [0.4, 0.5) is 29.7 Å². The van der Waals surface area contributed by atoms with Gasteiger partial charge in [0, 0.05) is 23.0 Å². The maximum absolute atomic E-state index is 12.9. The average molecular weight is 496 g/mol. The van der Waals surface area contributed by atoms with Crippen LogP contribution >= 0.6 is 23.1 Å². The first-order chi connectivity index (χ1) is 15.6. The topological polar surface area (TPSA) is 96.0 Å². The van der Waals surface area contributed by atoms with Crippen molar-refractivity contribution in [3.05, 3.63) is 59.7 Å². The SMILES string of the molecule is CC(C)Nc1nnc(SCC(=O)Nc2cccc(C(=O)Nc3cccc(C(F)(F)F)c3)c2)s1. The number of benzene rings is 2. The highest BCUT2D eigenvalue weighted by Gasteiger charge is 2.30. The van der Waals surface area contributed by atoms with Crippen molar-refractivity contribution >= 4 is 51.4 Å². The van der Waals surface area contributed by atoms with Gasteiger partial charge >= 0.3 is 6.18 Å². The van der Waals surface area contributed by atoms with E-state index >= 15 is 0 Å². The minimum Gasteiger partial charge on any atom is -0.358 e. The van der Waals surface area contributed by atoms with Crippen molar-refractivity contribution < 1.29 is 22.8 Å². The van der Waals surface area contributed by atoms with Crippen molar-refractivity contribution in [1.82, 2.24) is 10.2 Å². The summed E-state index contributed by atoms with van der Waals surface area (Å²) in [5.74, 6) is -0.806. The molecule has 1 heterocycles. The lowest BCUT2D eigenvalue weighted by Gasteiger charge is -2.11. The van der Waals surface area contributed by atoms with Crippen LogP contribution in [0.1, 0.15) is 29.8 Å². The minimum absolute atomic E-state index is 0.0176. The first kappa shape index (κ1) is 24.5. The number of nitrogens with zero attached hydrogens (tertiary/aromatic N) is 2. The van der Waals surface area contributed by atoms with Gasteiger partial charge in [-0.15, -0.1) is 10.2 Å².